The molecule has 0 bridgehead atoms. The van der Waals surface area contributed by atoms with Gasteiger partial charge in [0.2, 0.25) is 0 Å². The fraction of sp³-hybridized carbons (Fsp3) is 0.353. The SMILES string of the molecule is c1ccc2c(c1)Oc1cccnc1C2C1CCNCC1. The van der Waals surface area contributed by atoms with Crippen LogP contribution in [0.3, 0.4) is 0 Å². The van der Waals surface area contributed by atoms with E-state index in [1.165, 1.54) is 18.4 Å². The number of rotatable bonds is 1. The minimum Gasteiger partial charge on any atom is -0.455 e. The number of para-hydroxylation sites is 1. The second-order valence-electron chi connectivity index (χ2n) is 5.59. The molecule has 1 atom stereocenters. The van der Waals surface area contributed by atoms with Crippen LogP contribution in [-0.2, 0) is 0 Å². The summed E-state index contributed by atoms with van der Waals surface area (Å²) in [5, 5.41) is 3.45. The van der Waals surface area contributed by atoms with Gasteiger partial charge in [0.1, 0.15) is 11.5 Å². The second-order valence-corrected chi connectivity index (χ2v) is 5.59. The third-order valence-corrected chi connectivity index (χ3v) is 4.42. The molecule has 3 heteroatoms. The van der Waals surface area contributed by atoms with Crippen LogP contribution < -0.4 is 10.1 Å². The van der Waals surface area contributed by atoms with Crippen molar-refractivity contribution in [1.29, 1.82) is 0 Å². The van der Waals surface area contributed by atoms with Crippen LogP contribution in [0.4, 0.5) is 0 Å². The number of hydrogen-bond acceptors (Lipinski definition) is 3. The summed E-state index contributed by atoms with van der Waals surface area (Å²) in [5.41, 5.74) is 2.41. The van der Waals surface area contributed by atoms with Crippen molar-refractivity contribution < 1.29 is 4.74 Å². The van der Waals surface area contributed by atoms with Crippen LogP contribution in [-0.4, -0.2) is 18.1 Å². The molecule has 1 saturated heterocycles. The molecule has 1 aromatic carbocycles. The van der Waals surface area contributed by atoms with Gasteiger partial charge in [-0.15, -0.1) is 0 Å². The first kappa shape index (κ1) is 11.9. The predicted molar refractivity (Wildman–Crippen MR) is 78.2 cm³/mol. The molecule has 20 heavy (non-hydrogen) atoms. The average molecular weight is 266 g/mol. The van der Waals surface area contributed by atoms with Crippen LogP contribution in [0.5, 0.6) is 11.5 Å². The van der Waals surface area contributed by atoms with Gasteiger partial charge in [-0.05, 0) is 50.0 Å². The minimum absolute atomic E-state index is 0.373. The van der Waals surface area contributed by atoms with E-state index in [-0.39, 0.29) is 0 Å². The Morgan fingerprint density at radius 2 is 1.80 bits per heavy atom. The molecule has 1 N–H and O–H groups in total. The van der Waals surface area contributed by atoms with Gasteiger partial charge in [-0.2, -0.15) is 0 Å². The van der Waals surface area contributed by atoms with E-state index in [9.17, 15) is 0 Å². The lowest BCUT2D eigenvalue weighted by atomic mass is 9.77. The normalized spacial score (nSPS) is 21.7. The third-order valence-electron chi connectivity index (χ3n) is 4.42. The van der Waals surface area contributed by atoms with Crippen LogP contribution in [0.25, 0.3) is 0 Å². The lowest BCUT2D eigenvalue weighted by Gasteiger charge is -2.35. The average Bonchev–Trinajstić information content (AvgIpc) is 2.53. The topological polar surface area (TPSA) is 34.1 Å². The molecule has 4 rings (SSSR count). The van der Waals surface area contributed by atoms with Crippen molar-refractivity contribution in [2.45, 2.75) is 18.8 Å². The molecule has 2 aliphatic rings. The van der Waals surface area contributed by atoms with Crippen molar-refractivity contribution in [3.63, 3.8) is 0 Å². The number of fused-ring (bicyclic) bond motifs is 2. The number of nitrogens with one attached hydrogen (secondary N) is 1. The van der Waals surface area contributed by atoms with Gasteiger partial charge >= 0.3 is 0 Å². The van der Waals surface area contributed by atoms with Crippen molar-refractivity contribution in [1.82, 2.24) is 10.3 Å². The lowest BCUT2D eigenvalue weighted by molar-refractivity contribution is 0.317. The van der Waals surface area contributed by atoms with Gasteiger partial charge in [0, 0.05) is 17.7 Å². The van der Waals surface area contributed by atoms with Crippen LogP contribution in [0.15, 0.2) is 42.6 Å². The number of pyridine rings is 1. The summed E-state index contributed by atoms with van der Waals surface area (Å²) >= 11 is 0. The fourth-order valence-electron chi connectivity index (χ4n) is 3.47. The fourth-order valence-corrected chi connectivity index (χ4v) is 3.47. The molecule has 0 spiro atoms. The molecular formula is C17H18N2O. The number of nitrogens with zero attached hydrogens (tertiary/aromatic N) is 1. The number of ether oxygens (including phenoxy) is 1. The molecule has 0 saturated carbocycles. The first-order valence-corrected chi connectivity index (χ1v) is 7.36. The van der Waals surface area contributed by atoms with Crippen LogP contribution in [0.2, 0.25) is 0 Å². The van der Waals surface area contributed by atoms with Gasteiger partial charge in [-0.3, -0.25) is 4.98 Å². The first-order chi connectivity index (χ1) is 9.93. The van der Waals surface area contributed by atoms with E-state index in [4.69, 9.17) is 4.74 Å². The second kappa shape index (κ2) is 4.91. The van der Waals surface area contributed by atoms with Crippen LogP contribution in [0.1, 0.15) is 30.0 Å². The van der Waals surface area contributed by atoms with Gasteiger partial charge in [0.15, 0.2) is 0 Å². The quantitative estimate of drug-likeness (QED) is 0.859. The summed E-state index contributed by atoms with van der Waals surface area (Å²) in [6, 6.07) is 12.4. The van der Waals surface area contributed by atoms with E-state index in [0.29, 0.717) is 11.8 Å². The van der Waals surface area contributed by atoms with E-state index in [2.05, 4.69) is 28.5 Å². The molecule has 102 valence electrons. The number of benzene rings is 1. The molecule has 1 unspecified atom stereocenters. The molecule has 1 aromatic heterocycles. The van der Waals surface area contributed by atoms with Crippen LogP contribution >= 0.6 is 0 Å². The smallest absolute Gasteiger partial charge is 0.149 e. The van der Waals surface area contributed by atoms with Crippen molar-refractivity contribution in [3.05, 3.63) is 53.9 Å². The molecule has 2 aliphatic heterocycles. The van der Waals surface area contributed by atoms with Crippen molar-refractivity contribution in [2.24, 2.45) is 5.92 Å². The Morgan fingerprint density at radius 3 is 2.70 bits per heavy atom. The predicted octanol–water partition coefficient (Wildman–Crippen LogP) is 3.32. The Kier molecular flexibility index (Phi) is 2.92. The monoisotopic (exact) mass is 266 g/mol. The van der Waals surface area contributed by atoms with E-state index in [1.807, 2.05) is 24.4 Å². The van der Waals surface area contributed by atoms with Crippen molar-refractivity contribution in [2.75, 3.05) is 13.1 Å². The number of hydrogen-bond donors (Lipinski definition) is 1. The zero-order chi connectivity index (χ0) is 13.4. The van der Waals surface area contributed by atoms with E-state index < -0.39 is 0 Å². The van der Waals surface area contributed by atoms with Crippen molar-refractivity contribution in [3.8, 4) is 11.5 Å². The summed E-state index contributed by atoms with van der Waals surface area (Å²) in [6.07, 6.45) is 4.29. The summed E-state index contributed by atoms with van der Waals surface area (Å²) in [6.45, 7) is 2.21. The van der Waals surface area contributed by atoms with Crippen molar-refractivity contribution >= 4 is 0 Å². The summed E-state index contributed by atoms with van der Waals surface area (Å²) in [5.74, 6) is 2.94. The Labute approximate surface area is 119 Å². The molecule has 3 heterocycles. The van der Waals surface area contributed by atoms with Gasteiger partial charge in [0.25, 0.3) is 0 Å². The molecule has 1 fully saturated rings. The molecule has 3 nitrogen and oxygen atoms in total. The first-order valence-electron chi connectivity index (χ1n) is 7.36. The highest BCUT2D eigenvalue weighted by Gasteiger charge is 2.34. The van der Waals surface area contributed by atoms with E-state index >= 15 is 0 Å². The maximum Gasteiger partial charge on any atom is 0.149 e. The maximum atomic E-state index is 6.02. The largest absolute Gasteiger partial charge is 0.455 e. The summed E-state index contributed by atoms with van der Waals surface area (Å²) in [7, 11) is 0. The van der Waals surface area contributed by atoms with Gasteiger partial charge in [0.05, 0.1) is 5.69 Å². The Hall–Kier alpha value is -1.87. The van der Waals surface area contributed by atoms with Gasteiger partial charge in [-0.1, -0.05) is 18.2 Å². The van der Waals surface area contributed by atoms with E-state index in [1.54, 1.807) is 0 Å². The minimum atomic E-state index is 0.373. The summed E-state index contributed by atoms with van der Waals surface area (Å²) in [4.78, 5) is 4.63. The number of aromatic nitrogens is 1. The highest BCUT2D eigenvalue weighted by molar-refractivity contribution is 5.51. The highest BCUT2D eigenvalue weighted by atomic mass is 16.5. The zero-order valence-electron chi connectivity index (χ0n) is 11.4. The van der Waals surface area contributed by atoms with E-state index in [0.717, 1.165) is 30.3 Å². The molecule has 2 aromatic rings. The van der Waals surface area contributed by atoms with Gasteiger partial charge in [-0.25, -0.2) is 0 Å². The molecular weight excluding hydrogens is 248 g/mol. The Balaban J connectivity index is 1.83. The Morgan fingerprint density at radius 1 is 1.00 bits per heavy atom. The molecule has 0 amide bonds. The van der Waals surface area contributed by atoms with Gasteiger partial charge < -0.3 is 10.1 Å². The summed E-state index contributed by atoms with van der Waals surface area (Å²) < 4.78 is 6.02. The third kappa shape index (κ3) is 1.90. The zero-order valence-corrected chi connectivity index (χ0v) is 11.4. The maximum absolute atomic E-state index is 6.02. The Bertz CT molecular complexity index is 574. The molecule has 0 radical (unpaired) electrons. The van der Waals surface area contributed by atoms with Crippen LogP contribution in [0, 0.1) is 5.92 Å². The highest BCUT2D eigenvalue weighted by Crippen LogP contribution is 2.48. The standard InChI is InChI=1S/C17H18N2O/c1-2-5-14-13(4-1)16(12-7-10-18-11-8-12)17-15(20-14)6-3-9-19-17/h1-6,9,12,16,18H,7-8,10-11H2. The lowest BCUT2D eigenvalue weighted by Crippen LogP contribution is -2.32. The molecule has 0 aliphatic carbocycles. The number of piperidine rings is 1.